The van der Waals surface area contributed by atoms with Gasteiger partial charge in [0.15, 0.2) is 0 Å². The van der Waals surface area contributed by atoms with Gasteiger partial charge in [0.2, 0.25) is 0 Å². The molecule has 0 aliphatic rings. The summed E-state index contributed by atoms with van der Waals surface area (Å²) in [6.07, 6.45) is 0. The number of hydrogen-bond acceptors (Lipinski definition) is 2. The molecule has 0 aliphatic carbocycles. The first kappa shape index (κ1) is 35.2. The van der Waals surface area contributed by atoms with E-state index in [1.165, 1.54) is 49.7 Å². The zero-order valence-electron chi connectivity index (χ0n) is 32.9. The standard InChI is InChI=1S/C58H39NO/c1-2-11-40(12-3-1)42-23-25-43(26-24-42)49-17-9-18-53(39-49)59(52-35-31-45(32-36-52)54-20-10-22-57-58(54)55-19-6-7-21-56(55)60-57)51-33-29-44(30-34-51)47-15-8-16-48(37-47)50-28-27-41-13-4-5-14-46(41)38-50/h1-39H. The van der Waals surface area contributed by atoms with E-state index in [4.69, 9.17) is 4.42 Å². The van der Waals surface area contributed by atoms with Crippen LogP contribution in [-0.4, -0.2) is 0 Å². The van der Waals surface area contributed by atoms with Crippen LogP contribution in [0.2, 0.25) is 0 Å². The molecule has 60 heavy (non-hydrogen) atoms. The molecule has 0 unspecified atom stereocenters. The van der Waals surface area contributed by atoms with Crippen molar-refractivity contribution in [1.29, 1.82) is 0 Å². The summed E-state index contributed by atoms with van der Waals surface area (Å²) in [4.78, 5) is 2.36. The van der Waals surface area contributed by atoms with Gasteiger partial charge in [0.05, 0.1) is 0 Å². The molecular formula is C58H39NO. The Morgan fingerprint density at radius 2 is 0.750 bits per heavy atom. The van der Waals surface area contributed by atoms with Crippen molar-refractivity contribution in [3.63, 3.8) is 0 Å². The molecule has 1 heterocycles. The highest BCUT2D eigenvalue weighted by Gasteiger charge is 2.17. The number of furan rings is 1. The Morgan fingerprint density at radius 3 is 1.50 bits per heavy atom. The Bertz CT molecular complexity index is 3290. The molecule has 0 amide bonds. The largest absolute Gasteiger partial charge is 0.456 e. The molecule has 0 spiro atoms. The molecule has 0 bridgehead atoms. The van der Waals surface area contributed by atoms with Crippen LogP contribution < -0.4 is 4.90 Å². The molecule has 1 aromatic heterocycles. The number of nitrogens with zero attached hydrogens (tertiary/aromatic N) is 1. The average Bonchev–Trinajstić information content (AvgIpc) is 3.72. The molecule has 0 aliphatic heterocycles. The van der Waals surface area contributed by atoms with E-state index in [-0.39, 0.29) is 0 Å². The molecule has 282 valence electrons. The minimum atomic E-state index is 0.899. The van der Waals surface area contributed by atoms with Crippen molar-refractivity contribution in [2.24, 2.45) is 0 Å². The molecular weight excluding hydrogens is 727 g/mol. The van der Waals surface area contributed by atoms with Gasteiger partial charge in [-0.1, -0.05) is 176 Å². The number of rotatable bonds is 8. The van der Waals surface area contributed by atoms with E-state index in [1.54, 1.807) is 0 Å². The van der Waals surface area contributed by atoms with Crippen LogP contribution in [0.3, 0.4) is 0 Å². The van der Waals surface area contributed by atoms with Gasteiger partial charge in [-0.2, -0.15) is 0 Å². The van der Waals surface area contributed by atoms with Crippen molar-refractivity contribution < 1.29 is 4.42 Å². The third-order valence-electron chi connectivity index (χ3n) is 11.7. The van der Waals surface area contributed by atoms with Crippen molar-refractivity contribution >= 4 is 49.8 Å². The third kappa shape index (κ3) is 6.61. The van der Waals surface area contributed by atoms with Crippen molar-refractivity contribution in [3.05, 3.63) is 237 Å². The molecule has 2 heteroatoms. The smallest absolute Gasteiger partial charge is 0.136 e. The summed E-state index contributed by atoms with van der Waals surface area (Å²) in [6, 6.07) is 84.9. The predicted octanol–water partition coefficient (Wildman–Crippen LogP) is 16.5. The first-order valence-corrected chi connectivity index (χ1v) is 20.5. The second kappa shape index (κ2) is 15.1. The van der Waals surface area contributed by atoms with Crippen LogP contribution in [0.5, 0.6) is 0 Å². The van der Waals surface area contributed by atoms with Gasteiger partial charge in [-0.25, -0.2) is 0 Å². The average molecular weight is 766 g/mol. The van der Waals surface area contributed by atoms with Crippen molar-refractivity contribution in [2.45, 2.75) is 0 Å². The number of fused-ring (bicyclic) bond motifs is 4. The predicted molar refractivity (Wildman–Crippen MR) is 253 cm³/mol. The van der Waals surface area contributed by atoms with E-state index in [2.05, 4.69) is 229 Å². The SMILES string of the molecule is c1ccc(-c2ccc(-c3cccc(N(c4ccc(-c5cccc(-c6ccc7ccccc7c6)c5)cc4)c4ccc(-c5cccc6oc7ccccc7c56)cc4)c3)cc2)cc1. The lowest BCUT2D eigenvalue weighted by Gasteiger charge is -2.26. The highest BCUT2D eigenvalue weighted by molar-refractivity contribution is 6.12. The first-order chi connectivity index (χ1) is 29.7. The molecule has 0 N–H and O–H groups in total. The van der Waals surface area contributed by atoms with Gasteiger partial charge in [-0.05, 0) is 127 Å². The fraction of sp³-hybridized carbons (Fsp3) is 0. The number of para-hydroxylation sites is 1. The van der Waals surface area contributed by atoms with Crippen LogP contribution in [0.4, 0.5) is 17.1 Å². The van der Waals surface area contributed by atoms with Crippen molar-refractivity contribution in [2.75, 3.05) is 4.90 Å². The summed E-state index contributed by atoms with van der Waals surface area (Å²) >= 11 is 0. The fourth-order valence-corrected chi connectivity index (χ4v) is 8.61. The van der Waals surface area contributed by atoms with E-state index in [1.807, 2.05) is 12.1 Å². The lowest BCUT2D eigenvalue weighted by molar-refractivity contribution is 0.669. The summed E-state index contributed by atoms with van der Waals surface area (Å²) in [5.41, 5.74) is 16.9. The van der Waals surface area contributed by atoms with Gasteiger partial charge < -0.3 is 9.32 Å². The van der Waals surface area contributed by atoms with Crippen LogP contribution in [0.1, 0.15) is 0 Å². The van der Waals surface area contributed by atoms with Crippen molar-refractivity contribution in [1.82, 2.24) is 0 Å². The number of anilines is 3. The summed E-state index contributed by atoms with van der Waals surface area (Å²) < 4.78 is 6.25. The zero-order chi connectivity index (χ0) is 39.8. The first-order valence-electron chi connectivity index (χ1n) is 20.5. The number of hydrogen-bond donors (Lipinski definition) is 0. The topological polar surface area (TPSA) is 16.4 Å². The lowest BCUT2D eigenvalue weighted by Crippen LogP contribution is -2.10. The second-order valence-corrected chi connectivity index (χ2v) is 15.3. The van der Waals surface area contributed by atoms with Crippen LogP contribution in [0.15, 0.2) is 241 Å². The lowest BCUT2D eigenvalue weighted by atomic mass is 9.97. The summed E-state index contributed by atoms with van der Waals surface area (Å²) in [7, 11) is 0. The molecule has 0 radical (unpaired) electrons. The van der Waals surface area contributed by atoms with Crippen molar-refractivity contribution in [3.8, 4) is 55.6 Å². The maximum absolute atomic E-state index is 6.25. The molecule has 0 atom stereocenters. The third-order valence-corrected chi connectivity index (χ3v) is 11.7. The molecule has 0 saturated heterocycles. The van der Waals surface area contributed by atoms with Gasteiger partial charge in [0, 0.05) is 27.8 Å². The van der Waals surface area contributed by atoms with E-state index >= 15 is 0 Å². The molecule has 0 saturated carbocycles. The Hall–Kier alpha value is -7.94. The normalized spacial score (nSPS) is 11.3. The molecule has 10 aromatic carbocycles. The van der Waals surface area contributed by atoms with Gasteiger partial charge in [-0.3, -0.25) is 0 Å². The van der Waals surface area contributed by atoms with Crippen LogP contribution in [0.25, 0.3) is 88.3 Å². The maximum atomic E-state index is 6.25. The van der Waals surface area contributed by atoms with Gasteiger partial charge in [-0.15, -0.1) is 0 Å². The molecule has 2 nitrogen and oxygen atoms in total. The van der Waals surface area contributed by atoms with Gasteiger partial charge in [0.1, 0.15) is 11.2 Å². The Balaban J connectivity index is 0.969. The van der Waals surface area contributed by atoms with Gasteiger partial charge >= 0.3 is 0 Å². The summed E-state index contributed by atoms with van der Waals surface area (Å²) in [5, 5.41) is 4.77. The number of benzene rings is 10. The highest BCUT2D eigenvalue weighted by atomic mass is 16.3. The van der Waals surface area contributed by atoms with Crippen LogP contribution in [0, 0.1) is 0 Å². The monoisotopic (exact) mass is 765 g/mol. The minimum Gasteiger partial charge on any atom is -0.456 e. The minimum absolute atomic E-state index is 0.899. The summed E-state index contributed by atoms with van der Waals surface area (Å²) in [6.45, 7) is 0. The zero-order valence-corrected chi connectivity index (χ0v) is 32.9. The molecule has 0 fully saturated rings. The Kier molecular flexibility index (Phi) is 8.87. The summed E-state index contributed by atoms with van der Waals surface area (Å²) in [5.74, 6) is 0. The van der Waals surface area contributed by atoms with Gasteiger partial charge in [0.25, 0.3) is 0 Å². The van der Waals surface area contributed by atoms with E-state index < -0.39 is 0 Å². The van der Waals surface area contributed by atoms with Crippen LogP contribution >= 0.6 is 0 Å². The Morgan fingerprint density at radius 1 is 0.267 bits per heavy atom. The van der Waals surface area contributed by atoms with E-state index in [0.717, 1.165) is 55.7 Å². The highest BCUT2D eigenvalue weighted by Crippen LogP contribution is 2.41. The maximum Gasteiger partial charge on any atom is 0.136 e. The molecule has 11 aromatic rings. The quantitative estimate of drug-likeness (QED) is 0.153. The van der Waals surface area contributed by atoms with E-state index in [9.17, 15) is 0 Å². The Labute approximate surface area is 349 Å². The second-order valence-electron chi connectivity index (χ2n) is 15.3. The van der Waals surface area contributed by atoms with Crippen LogP contribution in [-0.2, 0) is 0 Å². The fourth-order valence-electron chi connectivity index (χ4n) is 8.61. The van der Waals surface area contributed by atoms with E-state index in [0.29, 0.717) is 0 Å². The molecule has 11 rings (SSSR count).